The summed E-state index contributed by atoms with van der Waals surface area (Å²) in [6.45, 7) is 6.88. The number of nitrogens with zero attached hydrogens (tertiary/aromatic N) is 1. The molecular weight excluding hydrogens is 426 g/mol. The molecule has 2 aliphatic heterocycles. The van der Waals surface area contributed by atoms with Crippen LogP contribution in [-0.4, -0.2) is 54.1 Å². The van der Waals surface area contributed by atoms with Crippen LogP contribution in [0.25, 0.3) is 6.08 Å². The Labute approximate surface area is 193 Å². The zero-order chi connectivity index (χ0) is 23.8. The number of epoxide rings is 2. The molecule has 3 aliphatic rings. The molecule has 1 aromatic rings. The van der Waals surface area contributed by atoms with Crippen molar-refractivity contribution in [2.45, 2.75) is 69.5 Å². The first-order chi connectivity index (χ1) is 15.7. The molecule has 8 nitrogen and oxygen atoms in total. The molecule has 0 N–H and O–H groups in total. The standard InChI is InChI=1S/C25H31NO7/c1-16(2)9-11-20-24(3,33-20)23-22(30-4)19(13-14-25(23)15-31-25)32-21(27)12-10-17-7-5-6-8-18(17)26(28)29/h5-10,12,19-20,22-23H,11,13-15H2,1-4H3/b12-10+/t19-,20-,22-,23-,24+,25+/m1/s1. The molecule has 1 spiro atoms. The van der Waals surface area contributed by atoms with Crippen LogP contribution in [0.1, 0.15) is 45.6 Å². The molecule has 1 saturated carbocycles. The fourth-order valence-corrected chi connectivity index (χ4v) is 5.21. The van der Waals surface area contributed by atoms with Gasteiger partial charge >= 0.3 is 5.97 Å². The lowest BCUT2D eigenvalue weighted by molar-refractivity contribution is -0.385. The zero-order valence-corrected chi connectivity index (χ0v) is 19.5. The Hall–Kier alpha value is -2.55. The van der Waals surface area contributed by atoms with E-state index in [0.717, 1.165) is 12.8 Å². The lowest BCUT2D eigenvalue weighted by Gasteiger charge is -2.42. The summed E-state index contributed by atoms with van der Waals surface area (Å²) in [5.74, 6) is -0.620. The van der Waals surface area contributed by atoms with Gasteiger partial charge in [-0.25, -0.2) is 4.79 Å². The van der Waals surface area contributed by atoms with Crippen LogP contribution in [0.15, 0.2) is 42.0 Å². The Morgan fingerprint density at radius 1 is 1.33 bits per heavy atom. The highest BCUT2D eigenvalue weighted by atomic mass is 16.6. The van der Waals surface area contributed by atoms with E-state index in [2.05, 4.69) is 26.8 Å². The molecule has 0 bridgehead atoms. The molecule has 4 rings (SSSR count). The number of benzene rings is 1. The van der Waals surface area contributed by atoms with Gasteiger partial charge in [0, 0.05) is 19.3 Å². The Kier molecular flexibility index (Phi) is 6.44. The summed E-state index contributed by atoms with van der Waals surface area (Å²) in [7, 11) is 1.62. The maximum Gasteiger partial charge on any atom is 0.331 e. The quantitative estimate of drug-likeness (QED) is 0.144. The highest BCUT2D eigenvalue weighted by Crippen LogP contribution is 2.59. The van der Waals surface area contributed by atoms with E-state index in [-0.39, 0.29) is 29.4 Å². The Morgan fingerprint density at radius 3 is 2.70 bits per heavy atom. The van der Waals surface area contributed by atoms with Crippen molar-refractivity contribution in [1.29, 1.82) is 0 Å². The Bertz CT molecular complexity index is 979. The fourth-order valence-electron chi connectivity index (χ4n) is 5.21. The molecule has 0 aromatic heterocycles. The molecule has 1 aromatic carbocycles. The largest absolute Gasteiger partial charge is 0.456 e. The second-order valence-electron chi connectivity index (χ2n) is 9.50. The number of hydrogen-bond acceptors (Lipinski definition) is 7. The molecule has 3 fully saturated rings. The van der Waals surface area contributed by atoms with Gasteiger partial charge in [-0.05, 0) is 52.2 Å². The first kappa shape index (κ1) is 23.6. The molecule has 0 amide bonds. The lowest BCUT2D eigenvalue weighted by Crippen LogP contribution is -2.55. The van der Waals surface area contributed by atoms with Crippen LogP contribution in [0.4, 0.5) is 5.69 Å². The van der Waals surface area contributed by atoms with Gasteiger partial charge in [-0.3, -0.25) is 10.1 Å². The third-order valence-electron chi connectivity index (χ3n) is 7.04. The van der Waals surface area contributed by atoms with E-state index >= 15 is 0 Å². The number of esters is 1. The van der Waals surface area contributed by atoms with Gasteiger partial charge in [-0.1, -0.05) is 23.8 Å². The van der Waals surface area contributed by atoms with E-state index in [1.807, 2.05) is 0 Å². The van der Waals surface area contributed by atoms with Gasteiger partial charge in [-0.15, -0.1) is 0 Å². The SMILES string of the molecule is CO[C@@H]1[C@H](OC(=O)/C=C/c2ccccc2[N+](=O)[O-])CC[C@]2(CO2)[C@H]1[C@@]1(C)O[C@@H]1CC=C(C)C. The van der Waals surface area contributed by atoms with E-state index in [4.69, 9.17) is 18.9 Å². The number of carbonyl (C=O) groups is 1. The minimum Gasteiger partial charge on any atom is -0.456 e. The summed E-state index contributed by atoms with van der Waals surface area (Å²) in [6.07, 6.45) is 6.27. The summed E-state index contributed by atoms with van der Waals surface area (Å²) in [5.41, 5.74) is 0.820. The zero-order valence-electron chi connectivity index (χ0n) is 19.5. The van der Waals surface area contributed by atoms with Crippen molar-refractivity contribution in [2.75, 3.05) is 13.7 Å². The molecular formula is C25H31NO7. The number of para-hydroxylation sites is 1. The number of ether oxygens (including phenoxy) is 4. The monoisotopic (exact) mass is 457 g/mol. The van der Waals surface area contributed by atoms with Crippen molar-refractivity contribution in [3.05, 3.63) is 57.7 Å². The second-order valence-corrected chi connectivity index (χ2v) is 9.50. The third kappa shape index (κ3) is 4.74. The second kappa shape index (κ2) is 9.00. The minimum absolute atomic E-state index is 0.0590. The van der Waals surface area contributed by atoms with Gasteiger partial charge in [0.15, 0.2) is 0 Å². The lowest BCUT2D eigenvalue weighted by atomic mass is 9.68. The van der Waals surface area contributed by atoms with Crippen LogP contribution in [0, 0.1) is 16.0 Å². The topological polar surface area (TPSA) is 104 Å². The smallest absolute Gasteiger partial charge is 0.331 e. The van der Waals surface area contributed by atoms with Gasteiger partial charge < -0.3 is 18.9 Å². The van der Waals surface area contributed by atoms with Gasteiger partial charge in [0.25, 0.3) is 5.69 Å². The number of carbonyl (C=O) groups excluding carboxylic acids is 1. The highest BCUT2D eigenvalue weighted by molar-refractivity contribution is 5.88. The molecule has 6 atom stereocenters. The van der Waals surface area contributed by atoms with E-state index < -0.39 is 22.6 Å². The number of nitro benzene ring substituents is 1. The third-order valence-corrected chi connectivity index (χ3v) is 7.04. The molecule has 8 heteroatoms. The van der Waals surface area contributed by atoms with Crippen molar-refractivity contribution in [2.24, 2.45) is 5.92 Å². The molecule has 33 heavy (non-hydrogen) atoms. The van der Waals surface area contributed by atoms with Crippen molar-refractivity contribution in [3.8, 4) is 0 Å². The van der Waals surface area contributed by atoms with Gasteiger partial charge in [0.2, 0.25) is 0 Å². The summed E-state index contributed by atoms with van der Waals surface area (Å²) >= 11 is 0. The number of methoxy groups -OCH3 is 1. The van der Waals surface area contributed by atoms with E-state index in [1.54, 1.807) is 25.3 Å². The minimum atomic E-state index is -0.561. The van der Waals surface area contributed by atoms with Crippen molar-refractivity contribution in [1.82, 2.24) is 0 Å². The molecule has 0 radical (unpaired) electrons. The summed E-state index contributed by atoms with van der Waals surface area (Å²) in [5, 5.41) is 11.2. The normalized spacial score (nSPS) is 34.8. The van der Waals surface area contributed by atoms with Crippen molar-refractivity contribution >= 4 is 17.7 Å². The van der Waals surface area contributed by atoms with Crippen molar-refractivity contribution in [3.63, 3.8) is 0 Å². The van der Waals surface area contributed by atoms with Gasteiger partial charge in [-0.2, -0.15) is 0 Å². The average Bonchev–Trinajstić information content (AvgIpc) is 3.69. The highest BCUT2D eigenvalue weighted by Gasteiger charge is 2.72. The summed E-state index contributed by atoms with van der Waals surface area (Å²) in [6, 6.07) is 6.25. The van der Waals surface area contributed by atoms with Crippen LogP contribution in [-0.2, 0) is 23.7 Å². The van der Waals surface area contributed by atoms with E-state index in [9.17, 15) is 14.9 Å². The average molecular weight is 458 g/mol. The van der Waals surface area contributed by atoms with Gasteiger partial charge in [0.05, 0.1) is 29.1 Å². The maximum absolute atomic E-state index is 12.6. The molecule has 2 heterocycles. The van der Waals surface area contributed by atoms with Crippen LogP contribution >= 0.6 is 0 Å². The summed E-state index contributed by atoms with van der Waals surface area (Å²) < 4.78 is 23.8. The number of allylic oxidation sites excluding steroid dienone is 1. The Morgan fingerprint density at radius 2 is 2.06 bits per heavy atom. The van der Waals surface area contributed by atoms with E-state index in [1.165, 1.54) is 23.8 Å². The van der Waals surface area contributed by atoms with Crippen LogP contribution in [0.2, 0.25) is 0 Å². The van der Waals surface area contributed by atoms with Crippen molar-refractivity contribution < 1.29 is 28.7 Å². The van der Waals surface area contributed by atoms with E-state index in [0.29, 0.717) is 18.6 Å². The van der Waals surface area contributed by atoms with Crippen LogP contribution in [0.3, 0.4) is 0 Å². The predicted molar refractivity (Wildman–Crippen MR) is 122 cm³/mol. The number of hydrogen-bond donors (Lipinski definition) is 0. The van der Waals surface area contributed by atoms with Gasteiger partial charge in [0.1, 0.15) is 23.4 Å². The molecule has 1 aliphatic carbocycles. The van der Waals surface area contributed by atoms with Crippen LogP contribution in [0.5, 0.6) is 0 Å². The molecule has 0 unspecified atom stereocenters. The summed E-state index contributed by atoms with van der Waals surface area (Å²) in [4.78, 5) is 23.3. The fraction of sp³-hybridized carbons (Fsp3) is 0.560. The number of rotatable bonds is 8. The predicted octanol–water partition coefficient (Wildman–Crippen LogP) is 4.23. The first-order valence-corrected chi connectivity index (χ1v) is 11.3. The Balaban J connectivity index is 1.47. The number of nitro groups is 1. The molecule has 178 valence electrons. The van der Waals surface area contributed by atoms with Crippen LogP contribution < -0.4 is 0 Å². The first-order valence-electron chi connectivity index (χ1n) is 11.3. The maximum atomic E-state index is 12.6. The molecule has 2 saturated heterocycles.